The first-order valence-electron chi connectivity index (χ1n) is 7.15. The van der Waals surface area contributed by atoms with Gasteiger partial charge in [-0.05, 0) is 13.3 Å². The summed E-state index contributed by atoms with van der Waals surface area (Å²) in [5.41, 5.74) is 4.32. The molecule has 0 unspecified atom stereocenters. The van der Waals surface area contributed by atoms with Gasteiger partial charge in [0.15, 0.2) is 0 Å². The molecular weight excluding hydrogens is 298 g/mol. The zero-order chi connectivity index (χ0) is 16.8. The van der Waals surface area contributed by atoms with Crippen LogP contribution in [0.3, 0.4) is 0 Å². The minimum Gasteiger partial charge on any atom is -0.291 e. The number of nitro benzene ring substituents is 1. The van der Waals surface area contributed by atoms with E-state index in [0.29, 0.717) is 23.4 Å². The summed E-state index contributed by atoms with van der Waals surface area (Å²) in [6.07, 6.45) is 1.45. The van der Waals surface area contributed by atoms with E-state index in [2.05, 4.69) is 20.5 Å². The maximum absolute atomic E-state index is 11.4. The molecule has 120 valence electrons. The van der Waals surface area contributed by atoms with Gasteiger partial charge in [-0.3, -0.25) is 19.9 Å². The van der Waals surface area contributed by atoms with E-state index in [1.807, 2.05) is 6.92 Å². The van der Waals surface area contributed by atoms with Crippen molar-refractivity contribution >= 4 is 17.3 Å². The number of aromatic amines is 1. The van der Waals surface area contributed by atoms with E-state index in [-0.39, 0.29) is 17.2 Å². The van der Waals surface area contributed by atoms with Gasteiger partial charge in [0.25, 0.3) is 11.2 Å². The minimum atomic E-state index is -0.444. The van der Waals surface area contributed by atoms with E-state index in [1.165, 1.54) is 18.2 Å². The van der Waals surface area contributed by atoms with Crippen LogP contribution in [0.1, 0.15) is 31.0 Å². The first kappa shape index (κ1) is 16.3. The van der Waals surface area contributed by atoms with Gasteiger partial charge in [-0.2, -0.15) is 5.10 Å². The molecule has 1 aromatic carbocycles. The maximum atomic E-state index is 11.4. The van der Waals surface area contributed by atoms with Crippen LogP contribution in [-0.4, -0.2) is 20.6 Å². The quantitative estimate of drug-likeness (QED) is 0.483. The summed E-state index contributed by atoms with van der Waals surface area (Å²) in [7, 11) is 0. The summed E-state index contributed by atoms with van der Waals surface area (Å²) in [4.78, 5) is 28.5. The predicted molar refractivity (Wildman–Crippen MR) is 87.8 cm³/mol. The zero-order valence-corrected chi connectivity index (χ0v) is 12.9. The van der Waals surface area contributed by atoms with Gasteiger partial charge in [0.2, 0.25) is 5.95 Å². The number of H-pyrrole nitrogens is 1. The van der Waals surface area contributed by atoms with Gasteiger partial charge < -0.3 is 0 Å². The van der Waals surface area contributed by atoms with Crippen molar-refractivity contribution < 1.29 is 4.92 Å². The van der Waals surface area contributed by atoms with Crippen LogP contribution >= 0.6 is 0 Å². The number of non-ortho nitro benzene ring substituents is 1. The van der Waals surface area contributed by atoms with Crippen molar-refractivity contribution in [2.45, 2.75) is 26.7 Å². The van der Waals surface area contributed by atoms with E-state index < -0.39 is 4.92 Å². The molecule has 1 aromatic heterocycles. The number of hydrogen-bond donors (Lipinski definition) is 2. The van der Waals surface area contributed by atoms with Gasteiger partial charge in [0, 0.05) is 29.5 Å². The Hall–Kier alpha value is -3.03. The molecule has 0 aliphatic carbocycles. The standard InChI is InChI=1S/C15H17N5O3/c1-3-5-13(11-6-4-7-12(9-11)20(22)23)18-19-15-16-10(2)8-14(21)17-15/h4,6-9H,3,5H2,1-2H3,(H2,16,17,19,21)/b18-13-. The molecule has 0 radical (unpaired) electrons. The van der Waals surface area contributed by atoms with Crippen molar-refractivity contribution in [3.63, 3.8) is 0 Å². The smallest absolute Gasteiger partial charge is 0.270 e. The molecule has 8 heteroatoms. The van der Waals surface area contributed by atoms with Gasteiger partial charge in [-0.25, -0.2) is 10.4 Å². The van der Waals surface area contributed by atoms with Gasteiger partial charge in [-0.15, -0.1) is 0 Å². The topological polar surface area (TPSA) is 113 Å². The fourth-order valence-corrected chi connectivity index (χ4v) is 2.05. The highest BCUT2D eigenvalue weighted by atomic mass is 16.6. The first-order valence-corrected chi connectivity index (χ1v) is 7.15. The number of hydrazone groups is 1. The highest BCUT2D eigenvalue weighted by Gasteiger charge is 2.10. The summed E-state index contributed by atoms with van der Waals surface area (Å²) >= 11 is 0. The summed E-state index contributed by atoms with van der Waals surface area (Å²) in [6, 6.07) is 7.66. The molecule has 0 saturated carbocycles. The number of nitrogens with zero attached hydrogens (tertiary/aromatic N) is 3. The van der Waals surface area contributed by atoms with Crippen LogP contribution in [-0.2, 0) is 0 Å². The molecule has 2 N–H and O–H groups in total. The molecule has 0 amide bonds. The molecule has 8 nitrogen and oxygen atoms in total. The van der Waals surface area contributed by atoms with Crippen molar-refractivity contribution in [3.05, 3.63) is 62.1 Å². The summed E-state index contributed by atoms with van der Waals surface area (Å²) in [5.74, 6) is 0.231. The molecule has 2 aromatic rings. The van der Waals surface area contributed by atoms with Crippen molar-refractivity contribution in [1.82, 2.24) is 9.97 Å². The number of aryl methyl sites for hydroxylation is 1. The van der Waals surface area contributed by atoms with Crippen LogP contribution in [0.2, 0.25) is 0 Å². The molecule has 2 rings (SSSR count). The Kier molecular flexibility index (Phi) is 5.19. The fraction of sp³-hybridized carbons (Fsp3) is 0.267. The molecule has 0 aliphatic rings. The van der Waals surface area contributed by atoms with Gasteiger partial charge in [-0.1, -0.05) is 25.5 Å². The van der Waals surface area contributed by atoms with Crippen LogP contribution in [0.5, 0.6) is 0 Å². The average molecular weight is 315 g/mol. The number of hydrogen-bond acceptors (Lipinski definition) is 6. The average Bonchev–Trinajstić information content (AvgIpc) is 2.50. The third-order valence-electron chi connectivity index (χ3n) is 3.04. The Morgan fingerprint density at radius 2 is 2.22 bits per heavy atom. The third kappa shape index (κ3) is 4.47. The van der Waals surface area contributed by atoms with E-state index in [4.69, 9.17) is 0 Å². The van der Waals surface area contributed by atoms with Gasteiger partial charge in [0.05, 0.1) is 10.6 Å². The van der Waals surface area contributed by atoms with E-state index in [9.17, 15) is 14.9 Å². The first-order chi connectivity index (χ1) is 11.0. The largest absolute Gasteiger partial charge is 0.291 e. The lowest BCUT2D eigenvalue weighted by Crippen LogP contribution is -2.12. The Labute approximate surface area is 132 Å². The van der Waals surface area contributed by atoms with Crippen LogP contribution < -0.4 is 11.0 Å². The molecule has 23 heavy (non-hydrogen) atoms. The third-order valence-corrected chi connectivity index (χ3v) is 3.04. The summed E-state index contributed by atoms with van der Waals surface area (Å²) in [5, 5.41) is 15.1. The van der Waals surface area contributed by atoms with Crippen LogP contribution in [0.15, 0.2) is 40.2 Å². The van der Waals surface area contributed by atoms with Crippen LogP contribution in [0.4, 0.5) is 11.6 Å². The molecule has 0 aliphatic heterocycles. The molecular formula is C15H17N5O3. The highest BCUT2D eigenvalue weighted by Crippen LogP contribution is 2.16. The molecule has 0 atom stereocenters. The van der Waals surface area contributed by atoms with Gasteiger partial charge >= 0.3 is 0 Å². The monoisotopic (exact) mass is 315 g/mol. The predicted octanol–water partition coefficient (Wildman–Crippen LogP) is 2.60. The Morgan fingerprint density at radius 3 is 2.87 bits per heavy atom. The molecule has 0 saturated heterocycles. The molecule has 0 bridgehead atoms. The number of aromatic nitrogens is 2. The van der Waals surface area contributed by atoms with Gasteiger partial charge in [0.1, 0.15) is 0 Å². The maximum Gasteiger partial charge on any atom is 0.270 e. The fourth-order valence-electron chi connectivity index (χ4n) is 2.05. The van der Waals surface area contributed by atoms with Crippen molar-refractivity contribution in [2.75, 3.05) is 5.43 Å². The lowest BCUT2D eigenvalue weighted by Gasteiger charge is -2.07. The van der Waals surface area contributed by atoms with E-state index in [1.54, 1.807) is 19.1 Å². The summed E-state index contributed by atoms with van der Waals surface area (Å²) < 4.78 is 0. The normalized spacial score (nSPS) is 11.3. The lowest BCUT2D eigenvalue weighted by molar-refractivity contribution is -0.384. The highest BCUT2D eigenvalue weighted by molar-refractivity contribution is 6.01. The SMILES string of the molecule is CCC/C(=N/Nc1nc(C)cc(=O)[nH]1)c1cccc([N+](=O)[O-])c1. The van der Waals surface area contributed by atoms with Crippen LogP contribution in [0, 0.1) is 17.0 Å². The van der Waals surface area contributed by atoms with Crippen molar-refractivity contribution in [1.29, 1.82) is 0 Å². The van der Waals surface area contributed by atoms with E-state index >= 15 is 0 Å². The molecule has 0 fully saturated rings. The lowest BCUT2D eigenvalue weighted by atomic mass is 10.1. The Balaban J connectivity index is 2.31. The second-order valence-corrected chi connectivity index (χ2v) is 4.96. The molecule has 1 heterocycles. The van der Waals surface area contributed by atoms with E-state index in [0.717, 1.165) is 6.42 Å². The Morgan fingerprint density at radius 1 is 1.43 bits per heavy atom. The number of anilines is 1. The van der Waals surface area contributed by atoms with Crippen molar-refractivity contribution in [3.8, 4) is 0 Å². The minimum absolute atomic E-state index is 0.00777. The molecule has 0 spiro atoms. The van der Waals surface area contributed by atoms with Crippen molar-refractivity contribution in [2.24, 2.45) is 5.10 Å². The number of rotatable bonds is 6. The second kappa shape index (κ2) is 7.30. The number of benzene rings is 1. The number of nitro groups is 1. The number of nitrogens with one attached hydrogen (secondary N) is 2. The van der Waals surface area contributed by atoms with Crippen LogP contribution in [0.25, 0.3) is 0 Å². The zero-order valence-electron chi connectivity index (χ0n) is 12.9. The second-order valence-electron chi connectivity index (χ2n) is 4.96. The Bertz CT molecular complexity index is 798. The summed E-state index contributed by atoms with van der Waals surface area (Å²) in [6.45, 7) is 3.69.